The summed E-state index contributed by atoms with van der Waals surface area (Å²) in [6, 6.07) is 3.28. The Morgan fingerprint density at radius 1 is 1.39 bits per heavy atom. The molecular formula is C12H16BrN3O2. The molecule has 0 aromatic carbocycles. The van der Waals surface area contributed by atoms with Crippen molar-refractivity contribution in [2.24, 2.45) is 0 Å². The number of hydrogen-bond donors (Lipinski definition) is 0. The van der Waals surface area contributed by atoms with Crippen LogP contribution in [0.15, 0.2) is 22.9 Å². The summed E-state index contributed by atoms with van der Waals surface area (Å²) in [6.07, 6.45) is 1.55. The molecule has 0 radical (unpaired) electrons. The predicted molar refractivity (Wildman–Crippen MR) is 72.2 cm³/mol. The van der Waals surface area contributed by atoms with Crippen molar-refractivity contribution < 1.29 is 9.59 Å². The minimum Gasteiger partial charge on any atom is -0.347 e. The van der Waals surface area contributed by atoms with E-state index >= 15 is 0 Å². The number of carbonyl (C=O) groups is 2. The van der Waals surface area contributed by atoms with Crippen LogP contribution >= 0.6 is 15.9 Å². The van der Waals surface area contributed by atoms with Crippen LogP contribution in [-0.2, 0) is 4.79 Å². The fraction of sp³-hybridized carbons (Fsp3) is 0.417. The first-order chi connectivity index (χ1) is 8.45. The van der Waals surface area contributed by atoms with Gasteiger partial charge in [-0.15, -0.1) is 0 Å². The third-order valence-electron chi connectivity index (χ3n) is 2.47. The third kappa shape index (κ3) is 3.80. The molecule has 0 aliphatic heterocycles. The quantitative estimate of drug-likeness (QED) is 0.789. The highest BCUT2D eigenvalue weighted by Crippen LogP contribution is 2.10. The van der Waals surface area contributed by atoms with Gasteiger partial charge in [0.25, 0.3) is 5.91 Å². The Hall–Kier alpha value is -1.43. The maximum atomic E-state index is 12.2. The monoisotopic (exact) mass is 313 g/mol. The summed E-state index contributed by atoms with van der Waals surface area (Å²) in [6.45, 7) is 2.41. The Balaban J connectivity index is 2.83. The molecule has 0 N–H and O–H groups in total. The molecule has 0 aliphatic carbocycles. The zero-order valence-electron chi connectivity index (χ0n) is 10.7. The summed E-state index contributed by atoms with van der Waals surface area (Å²) < 4.78 is 0.600. The van der Waals surface area contributed by atoms with Crippen LogP contribution in [0.3, 0.4) is 0 Å². The molecule has 6 heteroatoms. The topological polar surface area (TPSA) is 53.5 Å². The van der Waals surface area contributed by atoms with Crippen molar-refractivity contribution in [3.8, 4) is 0 Å². The Bertz CT molecular complexity index is 449. The molecule has 0 saturated heterocycles. The van der Waals surface area contributed by atoms with Gasteiger partial charge in [-0.2, -0.15) is 0 Å². The SMILES string of the molecule is CCN(CC(=O)N(C)C)C(=O)c1ccnc(Br)c1. The zero-order chi connectivity index (χ0) is 13.7. The fourth-order valence-electron chi connectivity index (χ4n) is 1.35. The van der Waals surface area contributed by atoms with Crippen molar-refractivity contribution in [3.05, 3.63) is 28.5 Å². The van der Waals surface area contributed by atoms with Gasteiger partial charge in [0.2, 0.25) is 5.91 Å². The first-order valence-corrected chi connectivity index (χ1v) is 6.36. The van der Waals surface area contributed by atoms with Crippen LogP contribution in [0, 0.1) is 0 Å². The normalized spacial score (nSPS) is 10.0. The van der Waals surface area contributed by atoms with E-state index in [1.165, 1.54) is 9.80 Å². The van der Waals surface area contributed by atoms with E-state index in [1.54, 1.807) is 32.4 Å². The molecule has 1 aromatic heterocycles. The van der Waals surface area contributed by atoms with E-state index < -0.39 is 0 Å². The van der Waals surface area contributed by atoms with E-state index in [0.717, 1.165) is 0 Å². The molecule has 1 heterocycles. The number of amides is 2. The Labute approximate surface area is 115 Å². The van der Waals surface area contributed by atoms with Crippen molar-refractivity contribution in [1.82, 2.24) is 14.8 Å². The van der Waals surface area contributed by atoms with Crippen LogP contribution in [0.1, 0.15) is 17.3 Å². The molecule has 0 spiro atoms. The molecule has 0 unspecified atom stereocenters. The first-order valence-electron chi connectivity index (χ1n) is 5.56. The van der Waals surface area contributed by atoms with Crippen LogP contribution in [0.2, 0.25) is 0 Å². The van der Waals surface area contributed by atoms with Gasteiger partial charge in [-0.05, 0) is 35.0 Å². The highest BCUT2D eigenvalue weighted by Gasteiger charge is 2.18. The number of hydrogen-bond acceptors (Lipinski definition) is 3. The van der Waals surface area contributed by atoms with Gasteiger partial charge in [0.1, 0.15) is 4.60 Å². The lowest BCUT2D eigenvalue weighted by atomic mass is 10.2. The predicted octanol–water partition coefficient (Wildman–Crippen LogP) is 1.39. The molecule has 1 rings (SSSR count). The molecule has 0 fully saturated rings. The number of nitrogens with zero attached hydrogens (tertiary/aromatic N) is 3. The van der Waals surface area contributed by atoms with E-state index in [2.05, 4.69) is 20.9 Å². The maximum Gasteiger partial charge on any atom is 0.254 e. The molecule has 18 heavy (non-hydrogen) atoms. The lowest BCUT2D eigenvalue weighted by Gasteiger charge is -2.22. The average Bonchev–Trinajstić information content (AvgIpc) is 2.34. The Morgan fingerprint density at radius 2 is 2.06 bits per heavy atom. The van der Waals surface area contributed by atoms with Gasteiger partial charge < -0.3 is 9.80 Å². The van der Waals surface area contributed by atoms with Crippen molar-refractivity contribution in [2.75, 3.05) is 27.2 Å². The highest BCUT2D eigenvalue weighted by molar-refractivity contribution is 9.10. The number of halogens is 1. The van der Waals surface area contributed by atoms with Crippen molar-refractivity contribution in [2.45, 2.75) is 6.92 Å². The summed E-state index contributed by atoms with van der Waals surface area (Å²) in [4.78, 5) is 30.8. The van der Waals surface area contributed by atoms with Gasteiger partial charge in [-0.25, -0.2) is 4.98 Å². The fourth-order valence-corrected chi connectivity index (χ4v) is 1.71. The molecule has 0 bridgehead atoms. The van der Waals surface area contributed by atoms with Crippen LogP contribution < -0.4 is 0 Å². The molecule has 2 amide bonds. The second-order valence-electron chi connectivity index (χ2n) is 3.97. The second kappa shape index (κ2) is 6.49. The number of carbonyl (C=O) groups excluding carboxylic acids is 2. The van der Waals surface area contributed by atoms with Gasteiger partial charge in [-0.1, -0.05) is 0 Å². The van der Waals surface area contributed by atoms with Gasteiger partial charge in [0.05, 0.1) is 6.54 Å². The summed E-state index contributed by atoms with van der Waals surface area (Å²) in [5, 5.41) is 0. The smallest absolute Gasteiger partial charge is 0.254 e. The Kier molecular flexibility index (Phi) is 5.27. The number of rotatable bonds is 4. The molecule has 0 saturated carbocycles. The van der Waals surface area contributed by atoms with Crippen molar-refractivity contribution >= 4 is 27.7 Å². The molecule has 0 atom stereocenters. The summed E-state index contributed by atoms with van der Waals surface area (Å²) >= 11 is 3.22. The van der Waals surface area contributed by atoms with E-state index in [4.69, 9.17) is 0 Å². The van der Waals surface area contributed by atoms with Gasteiger partial charge >= 0.3 is 0 Å². The molecule has 98 valence electrons. The number of likely N-dealkylation sites (N-methyl/N-ethyl adjacent to an activating group) is 2. The average molecular weight is 314 g/mol. The van der Waals surface area contributed by atoms with E-state index in [0.29, 0.717) is 16.7 Å². The molecule has 5 nitrogen and oxygen atoms in total. The Morgan fingerprint density at radius 3 is 2.56 bits per heavy atom. The van der Waals surface area contributed by atoms with Crippen molar-refractivity contribution in [3.63, 3.8) is 0 Å². The largest absolute Gasteiger partial charge is 0.347 e. The second-order valence-corrected chi connectivity index (χ2v) is 4.79. The van der Waals surface area contributed by atoms with Crippen molar-refractivity contribution in [1.29, 1.82) is 0 Å². The van der Waals surface area contributed by atoms with Gasteiger partial charge in [0.15, 0.2) is 0 Å². The first kappa shape index (κ1) is 14.6. The zero-order valence-corrected chi connectivity index (χ0v) is 12.3. The minimum atomic E-state index is -0.171. The maximum absolute atomic E-state index is 12.2. The van der Waals surface area contributed by atoms with Crippen LogP contribution in [-0.4, -0.2) is 53.8 Å². The summed E-state index contributed by atoms with van der Waals surface area (Å²) in [5.41, 5.74) is 0.519. The van der Waals surface area contributed by atoms with Gasteiger partial charge in [-0.3, -0.25) is 9.59 Å². The number of aromatic nitrogens is 1. The van der Waals surface area contributed by atoms with Crippen LogP contribution in [0.25, 0.3) is 0 Å². The lowest BCUT2D eigenvalue weighted by molar-refractivity contribution is -0.129. The van der Waals surface area contributed by atoms with Crippen LogP contribution in [0.4, 0.5) is 0 Å². The minimum absolute atomic E-state index is 0.0856. The number of pyridine rings is 1. The van der Waals surface area contributed by atoms with E-state index in [9.17, 15) is 9.59 Å². The van der Waals surface area contributed by atoms with E-state index in [-0.39, 0.29) is 18.4 Å². The molecule has 1 aromatic rings. The van der Waals surface area contributed by atoms with Gasteiger partial charge in [0, 0.05) is 32.4 Å². The standard InChI is InChI=1S/C12H16BrN3O2/c1-4-16(8-11(17)15(2)3)12(18)9-5-6-14-10(13)7-9/h5-7H,4,8H2,1-3H3. The highest BCUT2D eigenvalue weighted by atomic mass is 79.9. The third-order valence-corrected chi connectivity index (χ3v) is 2.90. The van der Waals surface area contributed by atoms with Crippen LogP contribution in [0.5, 0.6) is 0 Å². The lowest BCUT2D eigenvalue weighted by Crippen LogP contribution is -2.40. The molecular weight excluding hydrogens is 298 g/mol. The summed E-state index contributed by atoms with van der Waals surface area (Å²) in [5.74, 6) is -0.269. The summed E-state index contributed by atoms with van der Waals surface area (Å²) in [7, 11) is 3.34. The van der Waals surface area contributed by atoms with E-state index in [1.807, 2.05) is 6.92 Å². The molecule has 0 aliphatic rings.